The van der Waals surface area contributed by atoms with Gasteiger partial charge in [-0.05, 0) is 49.9 Å². The van der Waals surface area contributed by atoms with Gasteiger partial charge in [0.05, 0.1) is 0 Å². The maximum atomic E-state index is 11.7. The van der Waals surface area contributed by atoms with Crippen LogP contribution in [-0.4, -0.2) is 17.6 Å². The number of phenols is 1. The molecule has 1 aliphatic carbocycles. The van der Waals surface area contributed by atoms with Crippen molar-refractivity contribution in [3.05, 3.63) is 41.5 Å². The number of amides is 1. The molecule has 0 saturated carbocycles. The van der Waals surface area contributed by atoms with Crippen molar-refractivity contribution in [1.82, 2.24) is 5.32 Å². The first-order valence-electron chi connectivity index (χ1n) is 6.01. The smallest absolute Gasteiger partial charge is 0.251 e. The van der Waals surface area contributed by atoms with Gasteiger partial charge >= 0.3 is 0 Å². The Morgan fingerprint density at radius 1 is 1.29 bits per heavy atom. The van der Waals surface area contributed by atoms with Crippen LogP contribution in [0.4, 0.5) is 0 Å². The zero-order chi connectivity index (χ0) is 12.1. The summed E-state index contributed by atoms with van der Waals surface area (Å²) in [6, 6.07) is 6.29. The summed E-state index contributed by atoms with van der Waals surface area (Å²) >= 11 is 0. The van der Waals surface area contributed by atoms with E-state index in [0.717, 1.165) is 6.42 Å². The van der Waals surface area contributed by atoms with Crippen molar-refractivity contribution in [1.29, 1.82) is 0 Å². The molecule has 0 aliphatic heterocycles. The van der Waals surface area contributed by atoms with E-state index in [1.54, 1.807) is 12.1 Å². The van der Waals surface area contributed by atoms with E-state index in [9.17, 15) is 4.79 Å². The lowest BCUT2D eigenvalue weighted by Crippen LogP contribution is -2.24. The van der Waals surface area contributed by atoms with Crippen molar-refractivity contribution >= 4 is 5.91 Å². The number of rotatable bonds is 4. The largest absolute Gasteiger partial charge is 0.508 e. The normalized spacial score (nSPS) is 14.5. The van der Waals surface area contributed by atoms with Gasteiger partial charge in [-0.15, -0.1) is 0 Å². The van der Waals surface area contributed by atoms with Crippen LogP contribution >= 0.6 is 0 Å². The summed E-state index contributed by atoms with van der Waals surface area (Å²) < 4.78 is 0. The summed E-state index contributed by atoms with van der Waals surface area (Å²) in [5.41, 5.74) is 2.04. The average molecular weight is 231 g/mol. The number of hydrogen-bond acceptors (Lipinski definition) is 2. The van der Waals surface area contributed by atoms with Gasteiger partial charge in [0.2, 0.25) is 0 Å². The summed E-state index contributed by atoms with van der Waals surface area (Å²) in [6.45, 7) is 0.686. The molecule has 1 amide bonds. The van der Waals surface area contributed by atoms with Crippen LogP contribution in [0.25, 0.3) is 0 Å². The second kappa shape index (κ2) is 5.53. The molecular weight excluding hydrogens is 214 g/mol. The molecule has 90 valence electrons. The highest BCUT2D eigenvalue weighted by atomic mass is 16.3. The highest BCUT2D eigenvalue weighted by Crippen LogP contribution is 2.19. The summed E-state index contributed by atoms with van der Waals surface area (Å²) in [7, 11) is 0. The molecule has 0 atom stereocenters. The van der Waals surface area contributed by atoms with Crippen molar-refractivity contribution in [2.75, 3.05) is 6.54 Å². The van der Waals surface area contributed by atoms with Crippen LogP contribution in [0.1, 0.15) is 36.0 Å². The summed E-state index contributed by atoms with van der Waals surface area (Å²) in [5.74, 6) is 0.0984. The third-order valence-electron chi connectivity index (χ3n) is 3.00. The van der Waals surface area contributed by atoms with Gasteiger partial charge in [-0.3, -0.25) is 4.79 Å². The highest BCUT2D eigenvalue weighted by molar-refractivity contribution is 5.94. The minimum Gasteiger partial charge on any atom is -0.508 e. The van der Waals surface area contributed by atoms with E-state index in [4.69, 9.17) is 5.11 Å². The van der Waals surface area contributed by atoms with Gasteiger partial charge in [0.1, 0.15) is 5.75 Å². The van der Waals surface area contributed by atoms with Crippen molar-refractivity contribution in [3.63, 3.8) is 0 Å². The lowest BCUT2D eigenvalue weighted by molar-refractivity contribution is 0.0954. The minimum absolute atomic E-state index is 0.0800. The van der Waals surface area contributed by atoms with E-state index in [1.165, 1.54) is 37.0 Å². The lowest BCUT2D eigenvalue weighted by Gasteiger charge is -2.05. The van der Waals surface area contributed by atoms with E-state index in [0.29, 0.717) is 12.1 Å². The Hall–Kier alpha value is -1.77. The fourth-order valence-corrected chi connectivity index (χ4v) is 2.02. The Morgan fingerprint density at radius 3 is 2.71 bits per heavy atom. The number of allylic oxidation sites excluding steroid dienone is 1. The van der Waals surface area contributed by atoms with Crippen molar-refractivity contribution in [2.45, 2.75) is 25.7 Å². The maximum Gasteiger partial charge on any atom is 0.251 e. The molecule has 0 unspecified atom stereocenters. The number of carbonyl (C=O) groups is 1. The van der Waals surface area contributed by atoms with Crippen LogP contribution in [0, 0.1) is 0 Å². The molecule has 2 rings (SSSR count). The van der Waals surface area contributed by atoms with Gasteiger partial charge in [0.25, 0.3) is 5.91 Å². The zero-order valence-corrected chi connectivity index (χ0v) is 9.78. The fourth-order valence-electron chi connectivity index (χ4n) is 2.02. The molecule has 17 heavy (non-hydrogen) atoms. The summed E-state index contributed by atoms with van der Waals surface area (Å²) in [4.78, 5) is 11.7. The summed E-state index contributed by atoms with van der Waals surface area (Å²) in [5, 5.41) is 12.0. The average Bonchev–Trinajstić information content (AvgIpc) is 2.83. The Labute approximate surface area is 101 Å². The highest BCUT2D eigenvalue weighted by Gasteiger charge is 2.07. The Morgan fingerprint density at radius 2 is 2.06 bits per heavy atom. The number of nitrogens with one attached hydrogen (secondary N) is 1. The molecule has 0 saturated heterocycles. The molecule has 2 N–H and O–H groups in total. The maximum absolute atomic E-state index is 11.7. The number of carbonyl (C=O) groups excluding carboxylic acids is 1. The quantitative estimate of drug-likeness (QED) is 0.782. The Kier molecular flexibility index (Phi) is 3.81. The number of phenolic OH excluding ortho intramolecular Hbond substituents is 1. The molecular formula is C14H17NO2. The van der Waals surface area contributed by atoms with E-state index >= 15 is 0 Å². The monoisotopic (exact) mass is 231 g/mol. The van der Waals surface area contributed by atoms with Gasteiger partial charge in [0, 0.05) is 12.1 Å². The van der Waals surface area contributed by atoms with Gasteiger partial charge in [-0.1, -0.05) is 11.6 Å². The third kappa shape index (κ3) is 3.34. The molecule has 0 fully saturated rings. The van der Waals surface area contributed by atoms with Crippen LogP contribution in [0.5, 0.6) is 5.75 Å². The Bertz CT molecular complexity index is 420. The van der Waals surface area contributed by atoms with Gasteiger partial charge in [-0.2, -0.15) is 0 Å². The second-order valence-corrected chi connectivity index (χ2v) is 4.31. The van der Waals surface area contributed by atoms with E-state index < -0.39 is 0 Å². The van der Waals surface area contributed by atoms with Crippen LogP contribution in [0.3, 0.4) is 0 Å². The van der Waals surface area contributed by atoms with Crippen molar-refractivity contribution in [3.8, 4) is 5.75 Å². The molecule has 1 aromatic carbocycles. The first-order chi connectivity index (χ1) is 8.25. The first-order valence-corrected chi connectivity index (χ1v) is 6.01. The molecule has 0 aromatic heterocycles. The van der Waals surface area contributed by atoms with Gasteiger partial charge in [-0.25, -0.2) is 0 Å². The number of hydrogen-bond donors (Lipinski definition) is 2. The SMILES string of the molecule is O=C(NCCC1=CCCC1)c1ccc(O)cc1. The van der Waals surface area contributed by atoms with Gasteiger partial charge in [0.15, 0.2) is 0 Å². The lowest BCUT2D eigenvalue weighted by atomic mass is 10.1. The molecule has 0 bridgehead atoms. The molecule has 0 radical (unpaired) electrons. The van der Waals surface area contributed by atoms with E-state index in [1.807, 2.05) is 0 Å². The fraction of sp³-hybridized carbons (Fsp3) is 0.357. The van der Waals surface area contributed by atoms with E-state index in [-0.39, 0.29) is 11.7 Å². The molecule has 0 heterocycles. The minimum atomic E-state index is -0.0800. The topological polar surface area (TPSA) is 49.3 Å². The Balaban J connectivity index is 1.79. The number of aromatic hydroxyl groups is 1. The second-order valence-electron chi connectivity index (χ2n) is 4.31. The molecule has 0 spiro atoms. The molecule has 1 aliphatic rings. The standard InChI is InChI=1S/C14H17NO2/c16-13-7-5-12(6-8-13)14(17)15-10-9-11-3-1-2-4-11/h3,5-8,16H,1-2,4,9-10H2,(H,15,17). The molecule has 1 aromatic rings. The van der Waals surface area contributed by atoms with Crippen LogP contribution in [0.2, 0.25) is 0 Å². The molecule has 3 heteroatoms. The van der Waals surface area contributed by atoms with Crippen LogP contribution in [-0.2, 0) is 0 Å². The van der Waals surface area contributed by atoms with Crippen molar-refractivity contribution in [2.24, 2.45) is 0 Å². The third-order valence-corrected chi connectivity index (χ3v) is 3.00. The predicted octanol–water partition coefficient (Wildman–Crippen LogP) is 2.62. The first kappa shape index (κ1) is 11.7. The molecule has 3 nitrogen and oxygen atoms in total. The number of benzene rings is 1. The van der Waals surface area contributed by atoms with Gasteiger partial charge < -0.3 is 10.4 Å². The summed E-state index contributed by atoms with van der Waals surface area (Å²) in [6.07, 6.45) is 6.83. The zero-order valence-electron chi connectivity index (χ0n) is 9.78. The predicted molar refractivity (Wildman–Crippen MR) is 67.0 cm³/mol. The van der Waals surface area contributed by atoms with E-state index in [2.05, 4.69) is 11.4 Å². The van der Waals surface area contributed by atoms with Crippen molar-refractivity contribution < 1.29 is 9.90 Å². The van der Waals surface area contributed by atoms with Crippen LogP contribution < -0.4 is 5.32 Å². The van der Waals surface area contributed by atoms with Crippen LogP contribution in [0.15, 0.2) is 35.9 Å².